The zero-order valence-electron chi connectivity index (χ0n) is 19.4. The number of carbonyl (C=O) groups excluding carboxylic acids is 1. The number of hydrogen-bond donors (Lipinski definition) is 2. The van der Waals surface area contributed by atoms with Crippen molar-refractivity contribution in [3.63, 3.8) is 0 Å². The number of hydrogen-bond acceptors (Lipinski definition) is 8. The Balaban J connectivity index is 1.22. The smallest absolute Gasteiger partial charge is 0.255 e. The molecular weight excluding hydrogens is 432 g/mol. The van der Waals surface area contributed by atoms with Crippen molar-refractivity contribution in [1.29, 1.82) is 0 Å². The fraction of sp³-hybridized carbons (Fsp3) is 0.304. The summed E-state index contributed by atoms with van der Waals surface area (Å²) in [5, 5.41) is 14.6. The van der Waals surface area contributed by atoms with E-state index in [4.69, 9.17) is 0 Å². The molecule has 4 aromatic rings. The minimum absolute atomic E-state index is 0.0308. The predicted octanol–water partition coefficient (Wildman–Crippen LogP) is 2.41. The molecule has 0 saturated carbocycles. The van der Waals surface area contributed by atoms with Crippen molar-refractivity contribution in [2.45, 2.75) is 20.8 Å². The molecule has 11 heteroatoms. The third-order valence-corrected chi connectivity index (χ3v) is 5.60. The molecule has 1 saturated heterocycles. The minimum Gasteiger partial charge on any atom is -0.337 e. The van der Waals surface area contributed by atoms with E-state index in [1.165, 1.54) is 0 Å². The molecule has 34 heavy (non-hydrogen) atoms. The Kier molecular flexibility index (Phi) is 5.66. The van der Waals surface area contributed by atoms with Gasteiger partial charge >= 0.3 is 0 Å². The van der Waals surface area contributed by atoms with Crippen molar-refractivity contribution in [1.82, 2.24) is 39.8 Å². The van der Waals surface area contributed by atoms with E-state index in [0.29, 0.717) is 55.1 Å². The lowest BCUT2D eigenvalue weighted by atomic mass is 10.2. The number of rotatable bonds is 5. The number of amides is 1. The highest BCUT2D eigenvalue weighted by Gasteiger charge is 2.24. The summed E-state index contributed by atoms with van der Waals surface area (Å²) >= 11 is 0. The maximum Gasteiger partial charge on any atom is 0.255 e. The Hall–Kier alpha value is -4.28. The fourth-order valence-corrected chi connectivity index (χ4v) is 3.85. The standard InChI is InChI=1S/C23H26N10O/c1-15-12-25-33(14-15)21-5-4-18(13-24-21)22(34)31-6-8-32(9-7-31)23-26-16(2)10-19(28-23)27-20-11-17(3)29-30-20/h4-5,10-14H,6-9H2,1-3H3,(H2,26,27,28,29,30). The summed E-state index contributed by atoms with van der Waals surface area (Å²) in [4.78, 5) is 30.6. The number of nitrogens with zero attached hydrogens (tertiary/aromatic N) is 8. The quantitative estimate of drug-likeness (QED) is 0.468. The summed E-state index contributed by atoms with van der Waals surface area (Å²) in [5.41, 5.74) is 3.44. The van der Waals surface area contributed by atoms with Crippen LogP contribution in [0.1, 0.15) is 27.3 Å². The van der Waals surface area contributed by atoms with Crippen molar-refractivity contribution in [3.05, 3.63) is 65.4 Å². The molecule has 4 aromatic heterocycles. The third kappa shape index (κ3) is 4.58. The number of anilines is 3. The number of carbonyl (C=O) groups is 1. The van der Waals surface area contributed by atoms with Crippen LogP contribution in [-0.2, 0) is 0 Å². The zero-order valence-corrected chi connectivity index (χ0v) is 19.4. The molecule has 2 N–H and O–H groups in total. The van der Waals surface area contributed by atoms with Crippen LogP contribution in [-0.4, -0.2) is 71.9 Å². The van der Waals surface area contributed by atoms with Crippen LogP contribution in [0.5, 0.6) is 0 Å². The number of aryl methyl sites for hydroxylation is 3. The van der Waals surface area contributed by atoms with Crippen molar-refractivity contribution in [2.24, 2.45) is 0 Å². The highest BCUT2D eigenvalue weighted by atomic mass is 16.2. The summed E-state index contributed by atoms with van der Waals surface area (Å²) in [6.07, 6.45) is 5.28. The topological polar surface area (TPSA) is 121 Å². The average Bonchev–Trinajstić information content (AvgIpc) is 3.46. The van der Waals surface area contributed by atoms with Crippen LogP contribution < -0.4 is 10.2 Å². The number of pyridine rings is 1. The first-order valence-corrected chi connectivity index (χ1v) is 11.1. The molecule has 1 aliphatic rings. The SMILES string of the molecule is Cc1cnn(-c2ccc(C(=O)N3CCN(c4nc(C)cc(Nc5cc(C)[nH]n5)n4)CC3)cn2)c1. The number of piperazine rings is 1. The molecular formula is C23H26N10O. The second kappa shape index (κ2) is 8.93. The molecule has 5 rings (SSSR count). The Labute approximate surface area is 196 Å². The van der Waals surface area contributed by atoms with E-state index in [1.807, 2.05) is 50.1 Å². The number of H-pyrrole nitrogens is 1. The fourth-order valence-electron chi connectivity index (χ4n) is 3.85. The van der Waals surface area contributed by atoms with Gasteiger partial charge < -0.3 is 15.1 Å². The van der Waals surface area contributed by atoms with Gasteiger partial charge in [0.05, 0.1) is 11.8 Å². The summed E-state index contributed by atoms with van der Waals surface area (Å²) < 4.78 is 1.70. The maximum atomic E-state index is 13.0. The average molecular weight is 459 g/mol. The van der Waals surface area contributed by atoms with Crippen LogP contribution in [0.2, 0.25) is 0 Å². The predicted molar refractivity (Wildman–Crippen MR) is 128 cm³/mol. The molecule has 5 heterocycles. The third-order valence-electron chi connectivity index (χ3n) is 5.60. The molecule has 0 radical (unpaired) electrons. The molecule has 1 amide bonds. The van der Waals surface area contributed by atoms with Gasteiger partial charge in [-0.1, -0.05) is 0 Å². The van der Waals surface area contributed by atoms with Crippen LogP contribution in [0.4, 0.5) is 17.6 Å². The van der Waals surface area contributed by atoms with Gasteiger partial charge in [0.15, 0.2) is 11.6 Å². The lowest BCUT2D eigenvalue weighted by Crippen LogP contribution is -2.49. The Morgan fingerprint density at radius 3 is 2.47 bits per heavy atom. The molecule has 0 atom stereocenters. The van der Waals surface area contributed by atoms with Gasteiger partial charge in [0, 0.05) is 62.1 Å². The Bertz CT molecular complexity index is 1300. The molecule has 1 fully saturated rings. The van der Waals surface area contributed by atoms with E-state index in [-0.39, 0.29) is 5.91 Å². The van der Waals surface area contributed by atoms with Crippen molar-refractivity contribution >= 4 is 23.5 Å². The lowest BCUT2D eigenvalue weighted by molar-refractivity contribution is 0.0746. The van der Waals surface area contributed by atoms with Crippen molar-refractivity contribution in [3.8, 4) is 5.82 Å². The van der Waals surface area contributed by atoms with Crippen LogP contribution in [0, 0.1) is 20.8 Å². The van der Waals surface area contributed by atoms with E-state index in [9.17, 15) is 4.79 Å². The summed E-state index contributed by atoms with van der Waals surface area (Å²) in [6, 6.07) is 7.41. The normalized spacial score (nSPS) is 13.9. The van der Waals surface area contributed by atoms with Crippen LogP contribution in [0.25, 0.3) is 5.82 Å². The Morgan fingerprint density at radius 2 is 1.82 bits per heavy atom. The van der Waals surface area contributed by atoms with Gasteiger partial charge in [-0.3, -0.25) is 9.89 Å². The minimum atomic E-state index is -0.0308. The number of aromatic amines is 1. The largest absolute Gasteiger partial charge is 0.337 e. The van der Waals surface area contributed by atoms with Crippen molar-refractivity contribution < 1.29 is 4.79 Å². The highest BCUT2D eigenvalue weighted by Crippen LogP contribution is 2.19. The summed E-state index contributed by atoms with van der Waals surface area (Å²) in [5.74, 6) is 2.69. The highest BCUT2D eigenvalue weighted by molar-refractivity contribution is 5.94. The van der Waals surface area contributed by atoms with Gasteiger partial charge in [0.25, 0.3) is 5.91 Å². The summed E-state index contributed by atoms with van der Waals surface area (Å²) in [6.45, 7) is 8.31. The van der Waals surface area contributed by atoms with Crippen LogP contribution >= 0.6 is 0 Å². The van der Waals surface area contributed by atoms with Gasteiger partial charge in [0.1, 0.15) is 5.82 Å². The molecule has 0 unspecified atom stereocenters. The second-order valence-electron chi connectivity index (χ2n) is 8.40. The zero-order chi connectivity index (χ0) is 23.7. The molecule has 174 valence electrons. The first-order chi connectivity index (χ1) is 16.4. The van der Waals surface area contributed by atoms with Crippen LogP contribution in [0.3, 0.4) is 0 Å². The van der Waals surface area contributed by atoms with E-state index < -0.39 is 0 Å². The maximum absolute atomic E-state index is 13.0. The van der Waals surface area contributed by atoms with Crippen LogP contribution in [0.15, 0.2) is 42.9 Å². The molecule has 0 aromatic carbocycles. The molecule has 11 nitrogen and oxygen atoms in total. The van der Waals surface area contributed by atoms with Gasteiger partial charge in [-0.25, -0.2) is 14.6 Å². The summed E-state index contributed by atoms with van der Waals surface area (Å²) in [7, 11) is 0. The lowest BCUT2D eigenvalue weighted by Gasteiger charge is -2.35. The van der Waals surface area contributed by atoms with Gasteiger partial charge in [0.2, 0.25) is 5.95 Å². The van der Waals surface area contributed by atoms with Gasteiger partial charge in [-0.05, 0) is 38.5 Å². The number of nitrogens with one attached hydrogen (secondary N) is 2. The Morgan fingerprint density at radius 1 is 1.00 bits per heavy atom. The monoisotopic (exact) mass is 458 g/mol. The molecule has 0 aliphatic carbocycles. The van der Waals surface area contributed by atoms with E-state index in [2.05, 4.69) is 40.5 Å². The van der Waals surface area contributed by atoms with E-state index >= 15 is 0 Å². The van der Waals surface area contributed by atoms with Gasteiger partial charge in [-0.2, -0.15) is 15.2 Å². The molecule has 0 bridgehead atoms. The number of aromatic nitrogens is 7. The first kappa shape index (κ1) is 21.6. The van der Waals surface area contributed by atoms with E-state index in [0.717, 1.165) is 17.0 Å². The van der Waals surface area contributed by atoms with E-state index in [1.54, 1.807) is 23.1 Å². The molecule has 1 aliphatic heterocycles. The first-order valence-electron chi connectivity index (χ1n) is 11.1. The van der Waals surface area contributed by atoms with Gasteiger partial charge in [-0.15, -0.1) is 0 Å². The molecule has 0 spiro atoms. The second-order valence-corrected chi connectivity index (χ2v) is 8.40. The van der Waals surface area contributed by atoms with Crippen molar-refractivity contribution in [2.75, 3.05) is 36.4 Å².